The molecule has 1 saturated carbocycles. The number of hydrogen-bond acceptors (Lipinski definition) is 4. The first-order chi connectivity index (χ1) is 12.6. The topological polar surface area (TPSA) is 37.2 Å². The molecule has 146 valence electrons. The molecule has 26 heavy (non-hydrogen) atoms. The van der Waals surface area contributed by atoms with Gasteiger partial charge in [0.2, 0.25) is 0 Å². The number of rotatable bonds is 6. The summed E-state index contributed by atoms with van der Waals surface area (Å²) in [6, 6.07) is 1.28. The molecule has 3 aliphatic rings. The lowest BCUT2D eigenvalue weighted by Crippen LogP contribution is -2.41. The molecule has 2 aliphatic heterocycles. The zero-order valence-electron chi connectivity index (χ0n) is 16.9. The molecule has 0 N–H and O–H groups in total. The van der Waals surface area contributed by atoms with Gasteiger partial charge in [-0.2, -0.15) is 0 Å². The fraction of sp³-hybridized carbons (Fsp3) is 0.905. The fourth-order valence-corrected chi connectivity index (χ4v) is 4.94. The normalized spacial score (nSPS) is 26.5. The van der Waals surface area contributed by atoms with E-state index in [4.69, 9.17) is 0 Å². The maximum atomic E-state index is 4.49. The predicted molar refractivity (Wildman–Crippen MR) is 105 cm³/mol. The van der Waals surface area contributed by atoms with Crippen LogP contribution in [0.4, 0.5) is 0 Å². The van der Waals surface area contributed by atoms with Gasteiger partial charge in [-0.15, -0.1) is 5.10 Å². The first kappa shape index (κ1) is 18.4. The molecular weight excluding hydrogens is 322 g/mol. The summed E-state index contributed by atoms with van der Waals surface area (Å²) >= 11 is 0. The number of likely N-dealkylation sites (tertiary alicyclic amines) is 2. The molecule has 1 aromatic heterocycles. The Bertz CT molecular complexity index is 563. The molecule has 0 amide bonds. The van der Waals surface area contributed by atoms with E-state index in [1.165, 1.54) is 84.0 Å². The van der Waals surface area contributed by atoms with E-state index in [1.807, 2.05) is 0 Å². The summed E-state index contributed by atoms with van der Waals surface area (Å²) in [5.74, 6) is 0. The largest absolute Gasteiger partial charge is 0.300 e. The Hall–Kier alpha value is -0.940. The highest BCUT2D eigenvalue weighted by Crippen LogP contribution is 2.49. The second-order valence-corrected chi connectivity index (χ2v) is 9.51. The third-order valence-electron chi connectivity index (χ3n) is 7.03. The molecule has 1 aromatic rings. The van der Waals surface area contributed by atoms with Crippen molar-refractivity contribution in [2.75, 3.05) is 26.2 Å². The van der Waals surface area contributed by atoms with Gasteiger partial charge in [-0.25, -0.2) is 4.68 Å². The van der Waals surface area contributed by atoms with Crippen LogP contribution in [0.25, 0.3) is 0 Å². The van der Waals surface area contributed by atoms with Gasteiger partial charge in [-0.3, -0.25) is 4.90 Å². The molecule has 1 unspecified atom stereocenters. The minimum atomic E-state index is 0.542. The average Bonchev–Trinajstić information content (AvgIpc) is 3.27. The van der Waals surface area contributed by atoms with E-state index in [9.17, 15) is 0 Å². The second-order valence-electron chi connectivity index (χ2n) is 9.51. The molecule has 0 radical (unpaired) electrons. The monoisotopic (exact) mass is 359 g/mol. The highest BCUT2D eigenvalue weighted by molar-refractivity contribution is 4.96. The predicted octanol–water partition coefficient (Wildman–Crippen LogP) is 3.87. The molecule has 3 heterocycles. The van der Waals surface area contributed by atoms with Crippen LogP contribution < -0.4 is 0 Å². The molecule has 5 heteroatoms. The van der Waals surface area contributed by atoms with Crippen LogP contribution in [0.3, 0.4) is 0 Å². The van der Waals surface area contributed by atoms with Crippen molar-refractivity contribution in [1.82, 2.24) is 24.8 Å². The molecule has 0 bridgehead atoms. The number of hydrogen-bond donors (Lipinski definition) is 0. The van der Waals surface area contributed by atoms with Gasteiger partial charge < -0.3 is 4.90 Å². The summed E-state index contributed by atoms with van der Waals surface area (Å²) < 4.78 is 2.16. The number of aromatic nitrogens is 3. The maximum absolute atomic E-state index is 4.49. The van der Waals surface area contributed by atoms with E-state index in [2.05, 4.69) is 44.8 Å². The summed E-state index contributed by atoms with van der Waals surface area (Å²) in [6.07, 6.45) is 14.4. The molecule has 2 saturated heterocycles. The van der Waals surface area contributed by atoms with E-state index < -0.39 is 0 Å². The van der Waals surface area contributed by atoms with Crippen LogP contribution in [0.2, 0.25) is 0 Å². The Labute approximate surface area is 159 Å². The zero-order chi connectivity index (χ0) is 18.0. The van der Waals surface area contributed by atoms with E-state index in [-0.39, 0.29) is 0 Å². The van der Waals surface area contributed by atoms with Gasteiger partial charge in [0.05, 0.1) is 17.9 Å². The number of piperidine rings is 1. The minimum Gasteiger partial charge on any atom is -0.300 e. The van der Waals surface area contributed by atoms with E-state index >= 15 is 0 Å². The Morgan fingerprint density at radius 1 is 1.08 bits per heavy atom. The lowest BCUT2D eigenvalue weighted by Gasteiger charge is -2.37. The van der Waals surface area contributed by atoms with Gasteiger partial charge in [0.25, 0.3) is 0 Å². The van der Waals surface area contributed by atoms with Crippen molar-refractivity contribution < 1.29 is 0 Å². The highest BCUT2D eigenvalue weighted by atomic mass is 15.4. The Kier molecular flexibility index (Phi) is 5.65. The van der Waals surface area contributed by atoms with Gasteiger partial charge in [0, 0.05) is 25.7 Å². The Balaban J connectivity index is 1.26. The highest BCUT2D eigenvalue weighted by Gasteiger charge is 2.39. The fourth-order valence-electron chi connectivity index (χ4n) is 4.94. The molecule has 0 aromatic carbocycles. The maximum Gasteiger partial charge on any atom is 0.0967 e. The van der Waals surface area contributed by atoms with Crippen LogP contribution >= 0.6 is 0 Å². The lowest BCUT2D eigenvalue weighted by molar-refractivity contribution is 0.121. The molecule has 5 nitrogen and oxygen atoms in total. The molecule has 3 fully saturated rings. The van der Waals surface area contributed by atoms with Crippen molar-refractivity contribution in [1.29, 1.82) is 0 Å². The average molecular weight is 360 g/mol. The van der Waals surface area contributed by atoms with Crippen molar-refractivity contribution >= 4 is 0 Å². The van der Waals surface area contributed by atoms with Crippen LogP contribution in [0.15, 0.2) is 6.20 Å². The van der Waals surface area contributed by atoms with Crippen LogP contribution in [0.1, 0.15) is 83.4 Å². The molecule has 1 atom stereocenters. The van der Waals surface area contributed by atoms with Crippen molar-refractivity contribution in [3.8, 4) is 0 Å². The van der Waals surface area contributed by atoms with Gasteiger partial charge in [-0.1, -0.05) is 25.0 Å². The van der Waals surface area contributed by atoms with Crippen molar-refractivity contribution in [3.05, 3.63) is 11.9 Å². The standard InChI is InChI=1S/C21H37N5/c1-18(15-21(2)9-10-21)25-13-7-20(8-14-25)26-17-19(22-23-26)16-24-11-5-3-4-6-12-24/h17-18,20H,3-16H2,1-2H3. The Morgan fingerprint density at radius 3 is 2.42 bits per heavy atom. The summed E-state index contributed by atoms with van der Waals surface area (Å²) in [7, 11) is 0. The van der Waals surface area contributed by atoms with Crippen LogP contribution in [0, 0.1) is 5.41 Å². The SMILES string of the molecule is CC(CC1(C)CC1)N1CCC(n2cc(CN3CCCCCC3)nn2)CC1. The molecule has 0 spiro atoms. The van der Waals surface area contributed by atoms with Gasteiger partial charge in [0.1, 0.15) is 0 Å². The zero-order valence-corrected chi connectivity index (χ0v) is 16.9. The van der Waals surface area contributed by atoms with Crippen molar-refractivity contribution in [2.45, 2.75) is 90.3 Å². The first-order valence-corrected chi connectivity index (χ1v) is 11.0. The molecule has 1 aliphatic carbocycles. The van der Waals surface area contributed by atoms with Crippen molar-refractivity contribution in [2.24, 2.45) is 5.41 Å². The van der Waals surface area contributed by atoms with Crippen LogP contribution in [-0.4, -0.2) is 57.0 Å². The van der Waals surface area contributed by atoms with Gasteiger partial charge in [0.15, 0.2) is 0 Å². The van der Waals surface area contributed by atoms with E-state index in [0.29, 0.717) is 11.5 Å². The smallest absolute Gasteiger partial charge is 0.0967 e. The molecular formula is C21H37N5. The van der Waals surface area contributed by atoms with Gasteiger partial charge >= 0.3 is 0 Å². The van der Waals surface area contributed by atoms with Gasteiger partial charge in [-0.05, 0) is 70.4 Å². The Morgan fingerprint density at radius 2 is 1.77 bits per heavy atom. The summed E-state index contributed by atoms with van der Waals surface area (Å²) in [4.78, 5) is 5.26. The van der Waals surface area contributed by atoms with Crippen LogP contribution in [0.5, 0.6) is 0 Å². The van der Waals surface area contributed by atoms with E-state index in [0.717, 1.165) is 18.3 Å². The lowest BCUT2D eigenvalue weighted by atomic mass is 9.96. The third kappa shape index (κ3) is 4.66. The second kappa shape index (κ2) is 7.97. The van der Waals surface area contributed by atoms with Crippen molar-refractivity contribution in [3.63, 3.8) is 0 Å². The summed E-state index contributed by atoms with van der Waals surface area (Å²) in [6.45, 7) is 10.7. The van der Waals surface area contributed by atoms with E-state index in [1.54, 1.807) is 0 Å². The number of nitrogens with zero attached hydrogens (tertiary/aromatic N) is 5. The van der Waals surface area contributed by atoms with Crippen LogP contribution in [-0.2, 0) is 6.54 Å². The minimum absolute atomic E-state index is 0.542. The summed E-state index contributed by atoms with van der Waals surface area (Å²) in [5, 5.41) is 8.97. The quantitative estimate of drug-likeness (QED) is 0.773. The molecule has 4 rings (SSSR count). The third-order valence-corrected chi connectivity index (χ3v) is 7.03. The summed E-state index contributed by atoms with van der Waals surface area (Å²) in [5.41, 5.74) is 1.81. The first-order valence-electron chi connectivity index (χ1n) is 11.0.